The molecule has 7 nitrogen and oxygen atoms in total. The van der Waals surface area contributed by atoms with E-state index in [0.29, 0.717) is 50.7 Å². The monoisotopic (exact) mass is 365 g/mol. The highest BCUT2D eigenvalue weighted by Crippen LogP contribution is 2.28. The molecule has 8 heteroatoms. The summed E-state index contributed by atoms with van der Waals surface area (Å²) in [5.41, 5.74) is 1.47. The molecule has 0 aliphatic carbocycles. The standard InChI is InChI=1S/C17H23N3O4S/c1-25(21,22)20-8-6-19(7-9-20)15-3-2-14(13-18)17(12-15)24-16-4-10-23-11-5-16/h2-3,12,16H,4-11H2,1H3. The minimum Gasteiger partial charge on any atom is -0.489 e. The van der Waals surface area contributed by atoms with Gasteiger partial charge in [0.25, 0.3) is 0 Å². The Morgan fingerprint density at radius 3 is 2.48 bits per heavy atom. The zero-order valence-electron chi connectivity index (χ0n) is 14.3. The number of nitriles is 1. The molecule has 2 heterocycles. The van der Waals surface area contributed by atoms with Gasteiger partial charge in [-0.3, -0.25) is 0 Å². The van der Waals surface area contributed by atoms with Gasteiger partial charge in [-0.05, 0) is 12.1 Å². The Labute approximate surface area is 148 Å². The van der Waals surface area contributed by atoms with E-state index in [9.17, 15) is 13.7 Å². The van der Waals surface area contributed by atoms with Crippen molar-refractivity contribution < 1.29 is 17.9 Å². The van der Waals surface area contributed by atoms with Crippen LogP contribution in [0.2, 0.25) is 0 Å². The van der Waals surface area contributed by atoms with Crippen LogP contribution < -0.4 is 9.64 Å². The number of ether oxygens (including phenoxy) is 2. The normalized spacial score (nSPS) is 20.2. The molecule has 0 N–H and O–H groups in total. The number of hydrogen-bond acceptors (Lipinski definition) is 6. The van der Waals surface area contributed by atoms with Crippen LogP contribution in [0.25, 0.3) is 0 Å². The predicted molar refractivity (Wildman–Crippen MR) is 94.3 cm³/mol. The predicted octanol–water partition coefficient (Wildman–Crippen LogP) is 1.20. The van der Waals surface area contributed by atoms with Crippen LogP contribution in [0.3, 0.4) is 0 Å². The molecule has 0 bridgehead atoms. The first kappa shape index (κ1) is 18.0. The Bertz CT molecular complexity index is 746. The molecule has 0 atom stereocenters. The summed E-state index contributed by atoms with van der Waals surface area (Å²) >= 11 is 0. The second-order valence-corrected chi connectivity index (χ2v) is 8.35. The molecule has 2 aliphatic heterocycles. The molecule has 1 aromatic rings. The zero-order chi connectivity index (χ0) is 17.9. The number of piperazine rings is 1. The summed E-state index contributed by atoms with van der Waals surface area (Å²) in [6.45, 7) is 3.54. The van der Waals surface area contributed by atoms with Crippen molar-refractivity contribution in [1.82, 2.24) is 4.31 Å². The topological polar surface area (TPSA) is 82.9 Å². The van der Waals surface area contributed by atoms with Crippen LogP contribution in [0.15, 0.2) is 18.2 Å². The van der Waals surface area contributed by atoms with Crippen LogP contribution in [-0.2, 0) is 14.8 Å². The molecule has 0 aromatic heterocycles. The summed E-state index contributed by atoms with van der Waals surface area (Å²) in [6.07, 6.45) is 2.95. The summed E-state index contributed by atoms with van der Waals surface area (Å²) < 4.78 is 36.1. The number of rotatable bonds is 4. The summed E-state index contributed by atoms with van der Waals surface area (Å²) in [5, 5.41) is 9.33. The first-order valence-corrected chi connectivity index (χ1v) is 10.3. The van der Waals surface area contributed by atoms with E-state index in [2.05, 4.69) is 11.0 Å². The lowest BCUT2D eigenvalue weighted by Gasteiger charge is -2.35. The van der Waals surface area contributed by atoms with Gasteiger partial charge < -0.3 is 14.4 Å². The maximum atomic E-state index is 11.6. The van der Waals surface area contributed by atoms with E-state index in [4.69, 9.17) is 9.47 Å². The summed E-state index contributed by atoms with van der Waals surface area (Å²) in [5.74, 6) is 0.595. The Balaban J connectivity index is 1.72. The van der Waals surface area contributed by atoms with Crippen LogP contribution in [0.1, 0.15) is 18.4 Å². The largest absolute Gasteiger partial charge is 0.489 e. The van der Waals surface area contributed by atoms with Crippen LogP contribution in [-0.4, -0.2) is 64.5 Å². The van der Waals surface area contributed by atoms with E-state index in [1.807, 2.05) is 12.1 Å². The SMILES string of the molecule is CS(=O)(=O)N1CCN(c2ccc(C#N)c(OC3CCOCC3)c2)CC1. The van der Waals surface area contributed by atoms with E-state index >= 15 is 0 Å². The van der Waals surface area contributed by atoms with E-state index in [1.165, 1.54) is 10.6 Å². The number of sulfonamides is 1. The Hall–Kier alpha value is -1.82. The third kappa shape index (κ3) is 4.42. The Morgan fingerprint density at radius 1 is 1.20 bits per heavy atom. The van der Waals surface area contributed by atoms with Gasteiger partial charge in [0, 0.05) is 50.8 Å². The number of nitrogens with zero attached hydrogens (tertiary/aromatic N) is 3. The van der Waals surface area contributed by atoms with Gasteiger partial charge in [-0.15, -0.1) is 0 Å². The molecular weight excluding hydrogens is 342 g/mol. The van der Waals surface area contributed by atoms with E-state index in [1.54, 1.807) is 6.07 Å². The molecule has 1 aromatic carbocycles. The van der Waals surface area contributed by atoms with Gasteiger partial charge >= 0.3 is 0 Å². The average molecular weight is 365 g/mol. The maximum absolute atomic E-state index is 11.6. The molecule has 2 saturated heterocycles. The number of benzene rings is 1. The van der Waals surface area contributed by atoms with Crippen LogP contribution in [0, 0.1) is 11.3 Å². The third-order valence-corrected chi connectivity index (χ3v) is 5.92. The first-order chi connectivity index (χ1) is 12.0. The van der Waals surface area contributed by atoms with Crippen LogP contribution >= 0.6 is 0 Å². The summed E-state index contributed by atoms with van der Waals surface area (Å²) in [7, 11) is -3.14. The highest BCUT2D eigenvalue weighted by atomic mass is 32.2. The Kier molecular flexibility index (Phi) is 5.47. The minimum absolute atomic E-state index is 0.0678. The molecule has 25 heavy (non-hydrogen) atoms. The number of anilines is 1. The third-order valence-electron chi connectivity index (χ3n) is 4.62. The quantitative estimate of drug-likeness (QED) is 0.797. The smallest absolute Gasteiger partial charge is 0.211 e. The highest BCUT2D eigenvalue weighted by Gasteiger charge is 2.24. The summed E-state index contributed by atoms with van der Waals surface area (Å²) in [4.78, 5) is 2.12. The molecule has 0 unspecified atom stereocenters. The van der Waals surface area contributed by atoms with Gasteiger partial charge in [0.2, 0.25) is 10.0 Å². The second kappa shape index (κ2) is 7.60. The average Bonchev–Trinajstić information content (AvgIpc) is 2.62. The number of hydrogen-bond donors (Lipinski definition) is 0. The van der Waals surface area contributed by atoms with Crippen LogP contribution in [0.4, 0.5) is 5.69 Å². The summed E-state index contributed by atoms with van der Waals surface area (Å²) in [6, 6.07) is 7.74. The van der Waals surface area contributed by atoms with Crippen LogP contribution in [0.5, 0.6) is 5.75 Å². The van der Waals surface area contributed by atoms with Gasteiger partial charge in [0.05, 0.1) is 25.0 Å². The fourth-order valence-corrected chi connectivity index (χ4v) is 3.98. The van der Waals surface area contributed by atoms with Crippen molar-refractivity contribution in [1.29, 1.82) is 5.26 Å². The maximum Gasteiger partial charge on any atom is 0.211 e. The Morgan fingerprint density at radius 2 is 1.88 bits per heavy atom. The van der Waals surface area contributed by atoms with Gasteiger partial charge in [0.15, 0.2) is 0 Å². The fourth-order valence-electron chi connectivity index (χ4n) is 3.15. The fraction of sp³-hybridized carbons (Fsp3) is 0.588. The highest BCUT2D eigenvalue weighted by molar-refractivity contribution is 7.88. The molecule has 2 fully saturated rings. The molecule has 0 amide bonds. The molecule has 0 spiro atoms. The second-order valence-electron chi connectivity index (χ2n) is 6.37. The van der Waals surface area contributed by atoms with Crippen molar-refractivity contribution in [2.24, 2.45) is 0 Å². The lowest BCUT2D eigenvalue weighted by molar-refractivity contribution is 0.0254. The lowest BCUT2D eigenvalue weighted by Crippen LogP contribution is -2.48. The van der Waals surface area contributed by atoms with Gasteiger partial charge in [-0.25, -0.2) is 8.42 Å². The molecular formula is C17H23N3O4S. The molecule has 136 valence electrons. The van der Waals surface area contributed by atoms with E-state index in [0.717, 1.165) is 18.5 Å². The van der Waals surface area contributed by atoms with E-state index in [-0.39, 0.29) is 6.10 Å². The van der Waals surface area contributed by atoms with Crippen molar-refractivity contribution >= 4 is 15.7 Å². The first-order valence-electron chi connectivity index (χ1n) is 8.46. The molecule has 0 saturated carbocycles. The van der Waals surface area contributed by atoms with Crippen molar-refractivity contribution in [3.05, 3.63) is 23.8 Å². The van der Waals surface area contributed by atoms with Crippen molar-refractivity contribution in [2.75, 3.05) is 50.5 Å². The van der Waals surface area contributed by atoms with Gasteiger partial charge in [0.1, 0.15) is 17.9 Å². The van der Waals surface area contributed by atoms with Gasteiger partial charge in [-0.1, -0.05) is 0 Å². The van der Waals surface area contributed by atoms with Gasteiger partial charge in [-0.2, -0.15) is 9.57 Å². The minimum atomic E-state index is -3.14. The molecule has 2 aliphatic rings. The lowest BCUT2D eigenvalue weighted by atomic mass is 10.1. The van der Waals surface area contributed by atoms with Crippen molar-refractivity contribution in [3.63, 3.8) is 0 Å². The zero-order valence-corrected chi connectivity index (χ0v) is 15.2. The van der Waals surface area contributed by atoms with Crippen molar-refractivity contribution in [2.45, 2.75) is 18.9 Å². The molecule has 3 rings (SSSR count). The van der Waals surface area contributed by atoms with E-state index < -0.39 is 10.0 Å². The van der Waals surface area contributed by atoms with Crippen molar-refractivity contribution in [3.8, 4) is 11.8 Å². The molecule has 0 radical (unpaired) electrons.